The predicted molar refractivity (Wildman–Crippen MR) is 91.2 cm³/mol. The first-order valence-corrected chi connectivity index (χ1v) is 10.8. The molecule has 0 aliphatic carbocycles. The molecule has 0 spiro atoms. The minimum Gasteiger partial charge on any atom is -0.159 e. The van der Waals surface area contributed by atoms with Crippen molar-refractivity contribution in [2.45, 2.75) is 38.8 Å². The summed E-state index contributed by atoms with van der Waals surface area (Å²) in [7, 11) is -1.96. The van der Waals surface area contributed by atoms with Crippen LogP contribution in [0.1, 0.15) is 27.7 Å². The van der Waals surface area contributed by atoms with Crippen molar-refractivity contribution in [3.63, 3.8) is 0 Å². The molecule has 0 fully saturated rings. The van der Waals surface area contributed by atoms with Crippen LogP contribution in [0, 0.1) is 0 Å². The largest absolute Gasteiger partial charge is 0.203 e. The summed E-state index contributed by atoms with van der Waals surface area (Å²) in [5.74, 6) is 0. The Hall–Kier alpha value is -0.573. The van der Waals surface area contributed by atoms with Crippen molar-refractivity contribution in [3.8, 4) is 11.1 Å². The first-order chi connectivity index (χ1) is 8.98. The van der Waals surface area contributed by atoms with Gasteiger partial charge in [-0.3, -0.25) is 0 Å². The summed E-state index contributed by atoms with van der Waals surface area (Å²) in [6.45, 7) is 9.09. The van der Waals surface area contributed by atoms with Crippen LogP contribution in [-0.4, -0.2) is 7.38 Å². The monoisotopic (exact) mass is 308 g/mol. The second-order valence-electron chi connectivity index (χ2n) is 5.61. The van der Waals surface area contributed by atoms with Crippen LogP contribution in [0.25, 0.3) is 11.1 Å². The third-order valence-corrected chi connectivity index (χ3v) is 13.7. The SMILES string of the molecule is CC(C)[Si](Cl)(c1sccc1-c1ccccc1)C(C)C. The van der Waals surface area contributed by atoms with Crippen molar-refractivity contribution in [2.24, 2.45) is 0 Å². The fourth-order valence-corrected chi connectivity index (χ4v) is 9.36. The summed E-state index contributed by atoms with van der Waals surface area (Å²) in [4.78, 5) is 0. The molecule has 1 heterocycles. The Morgan fingerprint density at radius 3 is 2.05 bits per heavy atom. The molecule has 0 aliphatic heterocycles. The van der Waals surface area contributed by atoms with E-state index in [1.165, 1.54) is 15.6 Å². The van der Waals surface area contributed by atoms with Gasteiger partial charge in [0.1, 0.15) is 0 Å². The van der Waals surface area contributed by atoms with Crippen LogP contribution < -0.4 is 4.50 Å². The Bertz CT molecular complexity index is 523. The van der Waals surface area contributed by atoms with Crippen molar-refractivity contribution in [3.05, 3.63) is 41.8 Å². The van der Waals surface area contributed by atoms with Crippen LogP contribution in [-0.2, 0) is 0 Å². The quantitative estimate of drug-likeness (QED) is 0.507. The molecule has 0 N–H and O–H groups in total. The van der Waals surface area contributed by atoms with Gasteiger partial charge in [-0.05, 0) is 33.7 Å². The van der Waals surface area contributed by atoms with Crippen molar-refractivity contribution in [1.82, 2.24) is 0 Å². The van der Waals surface area contributed by atoms with Gasteiger partial charge in [0.25, 0.3) is 0 Å². The molecule has 0 aliphatic rings. The van der Waals surface area contributed by atoms with E-state index in [9.17, 15) is 0 Å². The van der Waals surface area contributed by atoms with Gasteiger partial charge >= 0.3 is 0 Å². The fourth-order valence-electron chi connectivity index (χ4n) is 2.64. The molecule has 1 aromatic heterocycles. The number of hydrogen-bond acceptors (Lipinski definition) is 1. The fraction of sp³-hybridized carbons (Fsp3) is 0.375. The van der Waals surface area contributed by atoms with Gasteiger partial charge in [0, 0.05) is 4.50 Å². The van der Waals surface area contributed by atoms with Crippen LogP contribution in [0.15, 0.2) is 41.8 Å². The van der Waals surface area contributed by atoms with Crippen LogP contribution in [0.4, 0.5) is 0 Å². The molecule has 0 atom stereocenters. The second-order valence-corrected chi connectivity index (χ2v) is 13.1. The molecule has 102 valence electrons. The van der Waals surface area contributed by atoms with Crippen LogP contribution in [0.2, 0.25) is 11.1 Å². The van der Waals surface area contributed by atoms with Gasteiger partial charge in [-0.2, -0.15) is 22.4 Å². The Labute approximate surface area is 126 Å². The second kappa shape index (κ2) is 5.82. The van der Waals surface area contributed by atoms with E-state index in [1.807, 2.05) is 11.3 Å². The zero-order chi connectivity index (χ0) is 14.0. The lowest BCUT2D eigenvalue weighted by Crippen LogP contribution is -2.47. The maximum absolute atomic E-state index is 7.18. The van der Waals surface area contributed by atoms with E-state index in [0.29, 0.717) is 11.1 Å². The number of rotatable bonds is 4. The van der Waals surface area contributed by atoms with Gasteiger partial charge in [0.15, 0.2) is 0 Å². The van der Waals surface area contributed by atoms with E-state index in [4.69, 9.17) is 11.1 Å². The van der Waals surface area contributed by atoms with Gasteiger partial charge in [0.05, 0.1) is 0 Å². The summed E-state index contributed by atoms with van der Waals surface area (Å²) >= 11 is 9.02. The third kappa shape index (κ3) is 2.67. The lowest BCUT2D eigenvalue weighted by atomic mass is 10.1. The van der Waals surface area contributed by atoms with Crippen LogP contribution in [0.5, 0.6) is 0 Å². The standard InChI is InChI=1S/C16H21ClSSi/c1-12(2)19(17,13(3)4)16-15(10-11-18-16)14-8-6-5-7-9-14/h5-13H,1-4H3. The molecular formula is C16H21ClSSi. The van der Waals surface area contributed by atoms with Crippen molar-refractivity contribution >= 4 is 34.3 Å². The maximum Gasteiger partial charge on any atom is 0.203 e. The Kier molecular flexibility index (Phi) is 4.54. The van der Waals surface area contributed by atoms with E-state index in [1.54, 1.807) is 0 Å². The van der Waals surface area contributed by atoms with E-state index < -0.39 is 7.38 Å². The molecule has 0 nitrogen and oxygen atoms in total. The van der Waals surface area contributed by atoms with E-state index in [2.05, 4.69) is 69.5 Å². The Morgan fingerprint density at radius 1 is 0.947 bits per heavy atom. The average molecular weight is 309 g/mol. The smallest absolute Gasteiger partial charge is 0.159 e. The Balaban J connectivity index is 2.56. The van der Waals surface area contributed by atoms with Gasteiger partial charge in [-0.25, -0.2) is 0 Å². The molecule has 0 saturated heterocycles. The molecule has 19 heavy (non-hydrogen) atoms. The van der Waals surface area contributed by atoms with E-state index in [-0.39, 0.29) is 0 Å². The van der Waals surface area contributed by atoms with Crippen LogP contribution in [0.3, 0.4) is 0 Å². The normalized spacial score (nSPS) is 12.4. The summed E-state index contributed by atoms with van der Waals surface area (Å²) in [5, 5.41) is 2.19. The lowest BCUT2D eigenvalue weighted by Gasteiger charge is -2.32. The van der Waals surface area contributed by atoms with Gasteiger partial charge in [0.2, 0.25) is 7.38 Å². The van der Waals surface area contributed by atoms with E-state index >= 15 is 0 Å². The highest BCUT2D eigenvalue weighted by Gasteiger charge is 2.42. The molecular weight excluding hydrogens is 288 g/mol. The minimum absolute atomic E-state index is 0.537. The third-order valence-electron chi connectivity index (χ3n) is 3.78. The summed E-state index contributed by atoms with van der Waals surface area (Å²) < 4.78 is 1.44. The molecule has 0 radical (unpaired) electrons. The zero-order valence-corrected chi connectivity index (χ0v) is 14.6. The lowest BCUT2D eigenvalue weighted by molar-refractivity contribution is 0.942. The molecule has 0 unspecified atom stereocenters. The molecule has 0 amide bonds. The summed E-state index contributed by atoms with van der Waals surface area (Å²) in [5.41, 5.74) is 3.71. The number of benzene rings is 1. The Morgan fingerprint density at radius 2 is 1.53 bits per heavy atom. The van der Waals surface area contributed by atoms with Gasteiger partial charge in [-0.1, -0.05) is 58.0 Å². The summed E-state index contributed by atoms with van der Waals surface area (Å²) in [6.07, 6.45) is 0. The first kappa shape index (κ1) is 14.8. The van der Waals surface area contributed by atoms with E-state index in [0.717, 1.165) is 0 Å². The number of halogens is 1. The van der Waals surface area contributed by atoms with Gasteiger partial charge < -0.3 is 0 Å². The van der Waals surface area contributed by atoms with Crippen LogP contribution >= 0.6 is 22.4 Å². The van der Waals surface area contributed by atoms with Crippen molar-refractivity contribution in [2.75, 3.05) is 0 Å². The summed E-state index contributed by atoms with van der Waals surface area (Å²) in [6, 6.07) is 12.8. The highest BCUT2D eigenvalue weighted by molar-refractivity contribution is 7.40. The van der Waals surface area contributed by atoms with Crippen molar-refractivity contribution < 1.29 is 0 Å². The number of thiophene rings is 1. The number of hydrogen-bond donors (Lipinski definition) is 0. The highest BCUT2D eigenvalue weighted by Crippen LogP contribution is 2.39. The molecule has 0 bridgehead atoms. The highest BCUT2D eigenvalue weighted by atomic mass is 35.6. The van der Waals surface area contributed by atoms with Gasteiger partial charge in [-0.15, -0.1) is 0 Å². The molecule has 3 heteroatoms. The first-order valence-electron chi connectivity index (χ1n) is 6.80. The topological polar surface area (TPSA) is 0 Å². The molecule has 2 rings (SSSR count). The maximum atomic E-state index is 7.18. The average Bonchev–Trinajstić information content (AvgIpc) is 2.87. The molecule has 2 aromatic rings. The minimum atomic E-state index is -1.96. The zero-order valence-electron chi connectivity index (χ0n) is 12.0. The predicted octanol–water partition coefficient (Wildman–Crippen LogP) is 5.63. The molecule has 1 aromatic carbocycles. The molecule has 0 saturated carbocycles. The van der Waals surface area contributed by atoms with Crippen molar-refractivity contribution in [1.29, 1.82) is 0 Å².